The molecule has 9 nitrogen and oxygen atoms in total. The summed E-state index contributed by atoms with van der Waals surface area (Å²) in [5, 5.41) is 12.5. The third kappa shape index (κ3) is 10.6. The van der Waals surface area contributed by atoms with Crippen molar-refractivity contribution in [3.8, 4) is 5.75 Å². The lowest BCUT2D eigenvalue weighted by Crippen LogP contribution is -2.32. The van der Waals surface area contributed by atoms with Crippen molar-refractivity contribution in [2.75, 3.05) is 19.0 Å². The third-order valence-corrected chi connectivity index (χ3v) is 5.37. The van der Waals surface area contributed by atoms with Gasteiger partial charge >= 0.3 is 11.9 Å². The van der Waals surface area contributed by atoms with Gasteiger partial charge in [0.05, 0.1) is 19.9 Å². The number of nitrogens with zero attached hydrogens (tertiary/aromatic N) is 2. The first-order chi connectivity index (χ1) is 19.0. The fourth-order valence-electron chi connectivity index (χ4n) is 3.37. The average molecular weight is 530 g/mol. The van der Waals surface area contributed by atoms with Crippen molar-refractivity contribution in [2.45, 2.75) is 25.7 Å². The summed E-state index contributed by atoms with van der Waals surface area (Å²) in [5.74, 6) is -0.535. The van der Waals surface area contributed by atoms with Crippen LogP contribution in [0.4, 0.5) is 5.82 Å². The third-order valence-electron chi connectivity index (χ3n) is 5.37. The molecule has 4 rings (SSSR count). The fourth-order valence-corrected chi connectivity index (χ4v) is 3.37. The number of aliphatic carboxylic acids is 1. The van der Waals surface area contributed by atoms with E-state index in [1.165, 1.54) is 19.6 Å². The Morgan fingerprint density at radius 3 is 1.97 bits per heavy atom. The summed E-state index contributed by atoms with van der Waals surface area (Å²) in [7, 11) is 1.34. The number of carbonyl (C=O) groups excluding carboxylic acids is 1. The number of carboxylic acid groups (broad SMARTS) is 1. The maximum atomic E-state index is 11.7. The molecular formula is C30H31N3O6. The van der Waals surface area contributed by atoms with E-state index in [4.69, 9.17) is 9.47 Å². The van der Waals surface area contributed by atoms with Crippen LogP contribution in [0.15, 0.2) is 104 Å². The molecular weight excluding hydrogens is 498 g/mol. The molecule has 0 aliphatic carbocycles. The molecule has 0 unspecified atom stereocenters. The normalized spacial score (nSPS) is 10.9. The zero-order valence-corrected chi connectivity index (χ0v) is 21.6. The summed E-state index contributed by atoms with van der Waals surface area (Å²) < 4.78 is 15.3. The maximum Gasteiger partial charge on any atom is 0.331 e. The number of carboxylic acids is 1. The number of carbonyl (C=O) groups is 2. The number of nitrogens with one attached hydrogen (secondary N) is 1. The summed E-state index contributed by atoms with van der Waals surface area (Å²) in [4.78, 5) is 30.4. The second-order valence-electron chi connectivity index (χ2n) is 8.29. The van der Waals surface area contributed by atoms with Crippen LogP contribution >= 0.6 is 0 Å². The first kappa shape index (κ1) is 28.8. The quantitative estimate of drug-likeness (QED) is 0.255. The van der Waals surface area contributed by atoms with Crippen LogP contribution in [-0.2, 0) is 38.7 Å². The Hall–Kier alpha value is -4.76. The van der Waals surface area contributed by atoms with Crippen LogP contribution < -0.4 is 10.1 Å². The number of anilines is 1. The lowest BCUT2D eigenvalue weighted by atomic mass is 10.1. The van der Waals surface area contributed by atoms with Gasteiger partial charge in [-0.2, -0.15) is 0 Å². The van der Waals surface area contributed by atoms with Gasteiger partial charge in [-0.15, -0.1) is 0 Å². The standard InChI is InChI=1S/C20H19N3O3.C10H12O3/c24-20(25)17(11-15-7-3-1-4-8-15)23-19-18(12-21-14-22-19)26-13-16-9-5-2-6-10-16;1-12-10(11)8-13-7-9-5-3-2-4-6-9/h1-10,12,14,17H,11,13H2,(H,24,25)(H,21,22,23);2-6H,7-8H2,1H3/t17-;/m0./s1. The zero-order chi connectivity index (χ0) is 27.7. The number of methoxy groups -OCH3 is 1. The average Bonchev–Trinajstić information content (AvgIpc) is 2.98. The maximum absolute atomic E-state index is 11.7. The molecule has 202 valence electrons. The van der Waals surface area contributed by atoms with Crippen LogP contribution in [0.5, 0.6) is 5.75 Å². The highest BCUT2D eigenvalue weighted by molar-refractivity contribution is 5.78. The molecule has 0 saturated heterocycles. The number of rotatable bonds is 12. The van der Waals surface area contributed by atoms with E-state index in [1.807, 2.05) is 91.0 Å². The Morgan fingerprint density at radius 1 is 0.846 bits per heavy atom. The summed E-state index contributed by atoms with van der Waals surface area (Å²) in [6.07, 6.45) is 3.22. The van der Waals surface area contributed by atoms with E-state index in [0.717, 1.165) is 16.7 Å². The second kappa shape index (κ2) is 16.2. The van der Waals surface area contributed by atoms with Crippen molar-refractivity contribution in [2.24, 2.45) is 0 Å². The monoisotopic (exact) mass is 529 g/mol. The molecule has 2 N–H and O–H groups in total. The van der Waals surface area contributed by atoms with Crippen LogP contribution in [0.1, 0.15) is 16.7 Å². The van der Waals surface area contributed by atoms with Crippen LogP contribution in [0.2, 0.25) is 0 Å². The van der Waals surface area contributed by atoms with E-state index in [0.29, 0.717) is 31.2 Å². The summed E-state index contributed by atoms with van der Waals surface area (Å²) in [6, 6.07) is 28.0. The van der Waals surface area contributed by atoms with Gasteiger partial charge < -0.3 is 24.6 Å². The Labute approximate surface area is 227 Å². The molecule has 9 heteroatoms. The minimum Gasteiger partial charge on any atom is -0.483 e. The minimum atomic E-state index is -0.957. The largest absolute Gasteiger partial charge is 0.483 e. The van der Waals surface area contributed by atoms with Gasteiger partial charge in [-0.25, -0.2) is 19.6 Å². The van der Waals surface area contributed by atoms with Gasteiger partial charge in [-0.3, -0.25) is 0 Å². The van der Waals surface area contributed by atoms with Crippen molar-refractivity contribution in [3.63, 3.8) is 0 Å². The van der Waals surface area contributed by atoms with Crippen molar-refractivity contribution in [1.82, 2.24) is 9.97 Å². The van der Waals surface area contributed by atoms with Crippen molar-refractivity contribution >= 4 is 17.8 Å². The van der Waals surface area contributed by atoms with Crippen molar-refractivity contribution in [1.29, 1.82) is 0 Å². The predicted octanol–water partition coefficient (Wildman–Crippen LogP) is 4.54. The van der Waals surface area contributed by atoms with E-state index in [1.54, 1.807) is 0 Å². The molecule has 39 heavy (non-hydrogen) atoms. The Bertz CT molecular complexity index is 1270. The second-order valence-corrected chi connectivity index (χ2v) is 8.29. The Morgan fingerprint density at radius 2 is 1.41 bits per heavy atom. The molecule has 1 aromatic heterocycles. The van der Waals surface area contributed by atoms with Gasteiger partial charge in [0.15, 0.2) is 11.6 Å². The SMILES string of the molecule is COC(=O)COCc1ccccc1.O=C(O)[C@H](Cc1ccccc1)Nc1ncncc1OCc1ccccc1. The lowest BCUT2D eigenvalue weighted by Gasteiger charge is -2.17. The van der Waals surface area contributed by atoms with Crippen molar-refractivity contribution in [3.05, 3.63) is 120 Å². The highest BCUT2D eigenvalue weighted by Gasteiger charge is 2.20. The van der Waals surface area contributed by atoms with Gasteiger partial charge in [0, 0.05) is 6.42 Å². The van der Waals surface area contributed by atoms with Crippen LogP contribution in [0, 0.1) is 0 Å². The fraction of sp³-hybridized carbons (Fsp3) is 0.200. The number of esters is 1. The highest BCUT2D eigenvalue weighted by atomic mass is 16.6. The number of benzene rings is 3. The van der Waals surface area contributed by atoms with E-state index in [2.05, 4.69) is 20.0 Å². The van der Waals surface area contributed by atoms with Crippen LogP contribution in [-0.4, -0.2) is 46.8 Å². The molecule has 0 amide bonds. The van der Waals surface area contributed by atoms with Gasteiger partial charge in [0.25, 0.3) is 0 Å². The Kier molecular flexibility index (Phi) is 11.9. The first-order valence-corrected chi connectivity index (χ1v) is 12.2. The van der Waals surface area contributed by atoms with Gasteiger partial charge in [0.2, 0.25) is 0 Å². The molecule has 3 aromatic carbocycles. The van der Waals surface area contributed by atoms with Gasteiger partial charge in [0.1, 0.15) is 25.6 Å². The first-order valence-electron chi connectivity index (χ1n) is 12.2. The number of hydrogen-bond donors (Lipinski definition) is 2. The van der Waals surface area contributed by atoms with Crippen molar-refractivity contribution < 1.29 is 28.9 Å². The predicted molar refractivity (Wildman–Crippen MR) is 146 cm³/mol. The molecule has 0 spiro atoms. The van der Waals surface area contributed by atoms with E-state index in [9.17, 15) is 14.7 Å². The molecule has 0 fully saturated rings. The van der Waals surface area contributed by atoms with E-state index in [-0.39, 0.29) is 12.6 Å². The van der Waals surface area contributed by atoms with Gasteiger partial charge in [-0.1, -0.05) is 91.0 Å². The van der Waals surface area contributed by atoms with E-state index < -0.39 is 12.0 Å². The molecule has 1 atom stereocenters. The number of aromatic nitrogens is 2. The van der Waals surface area contributed by atoms with Crippen LogP contribution in [0.25, 0.3) is 0 Å². The molecule has 0 radical (unpaired) electrons. The zero-order valence-electron chi connectivity index (χ0n) is 21.6. The molecule has 0 saturated carbocycles. The van der Waals surface area contributed by atoms with Crippen LogP contribution in [0.3, 0.4) is 0 Å². The molecule has 4 aromatic rings. The van der Waals surface area contributed by atoms with Gasteiger partial charge in [-0.05, 0) is 16.7 Å². The summed E-state index contributed by atoms with van der Waals surface area (Å²) >= 11 is 0. The molecule has 0 bridgehead atoms. The summed E-state index contributed by atoms with van der Waals surface area (Å²) in [5.41, 5.74) is 2.97. The lowest BCUT2D eigenvalue weighted by molar-refractivity contribution is -0.146. The topological polar surface area (TPSA) is 120 Å². The minimum absolute atomic E-state index is 0.00535. The number of ether oxygens (including phenoxy) is 3. The Balaban J connectivity index is 0.000000272. The molecule has 1 heterocycles. The summed E-state index contributed by atoms with van der Waals surface area (Å²) in [6.45, 7) is 0.792. The number of hydrogen-bond acceptors (Lipinski definition) is 8. The highest BCUT2D eigenvalue weighted by Crippen LogP contribution is 2.22. The molecule has 0 aliphatic heterocycles. The molecule has 0 aliphatic rings. The van der Waals surface area contributed by atoms with E-state index >= 15 is 0 Å². The smallest absolute Gasteiger partial charge is 0.331 e.